The summed E-state index contributed by atoms with van der Waals surface area (Å²) in [5.74, 6) is -0.0563. The third-order valence-electron chi connectivity index (χ3n) is 3.68. The van der Waals surface area contributed by atoms with Crippen molar-refractivity contribution < 1.29 is 9.53 Å². The van der Waals surface area contributed by atoms with Crippen molar-refractivity contribution in [1.29, 1.82) is 0 Å². The average Bonchev–Trinajstić information content (AvgIpc) is 3.06. The molecule has 23 heavy (non-hydrogen) atoms. The van der Waals surface area contributed by atoms with Gasteiger partial charge in [-0.15, -0.1) is 0 Å². The molecule has 1 aliphatic rings. The summed E-state index contributed by atoms with van der Waals surface area (Å²) >= 11 is 5.83. The molecule has 7 heteroatoms. The summed E-state index contributed by atoms with van der Waals surface area (Å²) in [6.45, 7) is 1.12. The molecule has 3 rings (SSSR count). The summed E-state index contributed by atoms with van der Waals surface area (Å²) in [6.07, 6.45) is 3.23. The second-order valence-corrected chi connectivity index (χ2v) is 5.76. The molecule has 6 nitrogen and oxygen atoms in total. The number of hydrogen-bond donors (Lipinski definition) is 2. The van der Waals surface area contributed by atoms with Crippen molar-refractivity contribution in [2.45, 2.75) is 18.9 Å². The smallest absolute Gasteiger partial charge is 0.264 e. The van der Waals surface area contributed by atoms with Gasteiger partial charge in [0, 0.05) is 29.9 Å². The number of halogens is 1. The van der Waals surface area contributed by atoms with Crippen LogP contribution in [0.1, 0.15) is 23.2 Å². The van der Waals surface area contributed by atoms with Crippen molar-refractivity contribution in [2.24, 2.45) is 0 Å². The van der Waals surface area contributed by atoms with Crippen LogP contribution in [0, 0.1) is 0 Å². The molecular weight excluding hydrogens is 318 g/mol. The van der Waals surface area contributed by atoms with Crippen LogP contribution in [0.25, 0.3) is 11.4 Å². The minimum atomic E-state index is -0.477. The summed E-state index contributed by atoms with van der Waals surface area (Å²) in [5.41, 5.74) is 0.230. The molecule has 1 amide bonds. The van der Waals surface area contributed by atoms with E-state index in [0.29, 0.717) is 17.4 Å². The highest BCUT2D eigenvalue weighted by Crippen LogP contribution is 2.16. The van der Waals surface area contributed by atoms with E-state index < -0.39 is 11.5 Å². The maximum absolute atomic E-state index is 12.1. The molecule has 2 N–H and O–H groups in total. The maximum Gasteiger partial charge on any atom is 0.264 e. The van der Waals surface area contributed by atoms with Gasteiger partial charge < -0.3 is 15.0 Å². The van der Waals surface area contributed by atoms with Crippen LogP contribution in [0.3, 0.4) is 0 Å². The Morgan fingerprint density at radius 3 is 2.83 bits per heavy atom. The molecule has 1 aromatic heterocycles. The first-order chi connectivity index (χ1) is 11.1. The highest BCUT2D eigenvalue weighted by atomic mass is 35.5. The van der Waals surface area contributed by atoms with E-state index in [1.165, 1.54) is 6.20 Å². The van der Waals surface area contributed by atoms with Crippen molar-refractivity contribution in [3.63, 3.8) is 0 Å². The number of carbonyl (C=O) groups excluding carboxylic acids is 1. The molecule has 0 radical (unpaired) electrons. The van der Waals surface area contributed by atoms with Gasteiger partial charge in [0.15, 0.2) is 0 Å². The number of rotatable bonds is 4. The summed E-state index contributed by atoms with van der Waals surface area (Å²) in [6, 6.07) is 6.91. The normalized spacial score (nSPS) is 17.2. The predicted molar refractivity (Wildman–Crippen MR) is 86.6 cm³/mol. The Balaban J connectivity index is 1.72. The van der Waals surface area contributed by atoms with E-state index in [0.717, 1.165) is 25.0 Å². The predicted octanol–water partition coefficient (Wildman–Crippen LogP) is 2.00. The minimum absolute atomic E-state index is 0.0132. The summed E-state index contributed by atoms with van der Waals surface area (Å²) < 4.78 is 5.43. The summed E-state index contributed by atoms with van der Waals surface area (Å²) in [4.78, 5) is 30.9. The number of aromatic nitrogens is 2. The lowest BCUT2D eigenvalue weighted by atomic mass is 10.2. The molecule has 1 aromatic carbocycles. The van der Waals surface area contributed by atoms with Crippen LogP contribution in [0.4, 0.5) is 0 Å². The first-order valence-corrected chi connectivity index (χ1v) is 7.76. The highest BCUT2D eigenvalue weighted by Gasteiger charge is 2.18. The molecule has 0 spiro atoms. The zero-order chi connectivity index (χ0) is 16.2. The molecule has 0 bridgehead atoms. The van der Waals surface area contributed by atoms with Gasteiger partial charge in [0.05, 0.1) is 6.10 Å². The van der Waals surface area contributed by atoms with Crippen molar-refractivity contribution in [3.05, 3.63) is 51.4 Å². The largest absolute Gasteiger partial charge is 0.376 e. The molecule has 120 valence electrons. The van der Waals surface area contributed by atoms with E-state index in [1.54, 1.807) is 24.3 Å². The van der Waals surface area contributed by atoms with Crippen molar-refractivity contribution >= 4 is 17.5 Å². The lowest BCUT2D eigenvalue weighted by Gasteiger charge is -2.10. The standard InChI is InChI=1S/C16H16ClN3O3/c17-11-5-3-10(4-6-11)14-18-9-13(16(22)20-14)15(21)19-8-12-2-1-7-23-12/h3-6,9,12H,1-2,7-8H2,(H,19,21)(H,18,20,22). The Hall–Kier alpha value is -2.18. The van der Waals surface area contributed by atoms with Crippen LogP contribution in [-0.2, 0) is 4.74 Å². The quantitative estimate of drug-likeness (QED) is 0.896. The van der Waals surface area contributed by atoms with Crippen LogP contribution in [-0.4, -0.2) is 35.1 Å². The lowest BCUT2D eigenvalue weighted by Crippen LogP contribution is -2.35. The van der Waals surface area contributed by atoms with E-state index in [2.05, 4.69) is 15.3 Å². The molecule has 1 atom stereocenters. The van der Waals surface area contributed by atoms with Crippen LogP contribution in [0.5, 0.6) is 0 Å². The van der Waals surface area contributed by atoms with Gasteiger partial charge in [0.25, 0.3) is 11.5 Å². The fraction of sp³-hybridized carbons (Fsp3) is 0.312. The Morgan fingerprint density at radius 2 is 2.17 bits per heavy atom. The van der Waals surface area contributed by atoms with E-state index in [1.807, 2.05) is 0 Å². The number of ether oxygens (including phenoxy) is 1. The number of benzene rings is 1. The molecular formula is C16H16ClN3O3. The third-order valence-corrected chi connectivity index (χ3v) is 3.93. The van der Waals surface area contributed by atoms with Gasteiger partial charge in [-0.3, -0.25) is 9.59 Å². The van der Waals surface area contributed by atoms with Crippen LogP contribution in [0.2, 0.25) is 5.02 Å². The fourth-order valence-electron chi connectivity index (χ4n) is 2.42. The Morgan fingerprint density at radius 1 is 1.39 bits per heavy atom. The van der Waals surface area contributed by atoms with Gasteiger partial charge >= 0.3 is 0 Å². The maximum atomic E-state index is 12.1. The molecule has 2 aromatic rings. The third kappa shape index (κ3) is 3.78. The zero-order valence-electron chi connectivity index (χ0n) is 12.3. The molecule has 2 heterocycles. The van der Waals surface area contributed by atoms with Crippen LogP contribution >= 0.6 is 11.6 Å². The number of aromatic amines is 1. The Bertz CT molecular complexity index is 752. The second-order valence-electron chi connectivity index (χ2n) is 5.33. The topological polar surface area (TPSA) is 84.1 Å². The molecule has 1 unspecified atom stereocenters. The van der Waals surface area contributed by atoms with Crippen LogP contribution in [0.15, 0.2) is 35.3 Å². The molecule has 1 fully saturated rings. The van der Waals surface area contributed by atoms with Crippen molar-refractivity contribution in [3.8, 4) is 11.4 Å². The Labute approximate surface area is 137 Å². The van der Waals surface area contributed by atoms with Gasteiger partial charge in [-0.05, 0) is 37.1 Å². The number of amides is 1. The molecule has 0 aliphatic carbocycles. The van der Waals surface area contributed by atoms with Gasteiger partial charge in [-0.2, -0.15) is 0 Å². The van der Waals surface area contributed by atoms with Gasteiger partial charge in [-0.1, -0.05) is 11.6 Å². The highest BCUT2D eigenvalue weighted by molar-refractivity contribution is 6.30. The van der Waals surface area contributed by atoms with Gasteiger partial charge in [0.1, 0.15) is 11.4 Å². The van der Waals surface area contributed by atoms with E-state index in [-0.39, 0.29) is 11.7 Å². The van der Waals surface area contributed by atoms with Crippen LogP contribution < -0.4 is 10.9 Å². The lowest BCUT2D eigenvalue weighted by molar-refractivity contribution is 0.0856. The van der Waals surface area contributed by atoms with E-state index in [4.69, 9.17) is 16.3 Å². The first kappa shape index (κ1) is 15.7. The monoisotopic (exact) mass is 333 g/mol. The molecule has 1 aliphatic heterocycles. The first-order valence-electron chi connectivity index (χ1n) is 7.38. The number of H-pyrrole nitrogens is 1. The number of nitrogens with zero attached hydrogens (tertiary/aromatic N) is 1. The van der Waals surface area contributed by atoms with Gasteiger partial charge in [0.2, 0.25) is 0 Å². The average molecular weight is 334 g/mol. The number of nitrogens with one attached hydrogen (secondary N) is 2. The summed E-state index contributed by atoms with van der Waals surface area (Å²) in [5, 5.41) is 3.31. The van der Waals surface area contributed by atoms with E-state index >= 15 is 0 Å². The van der Waals surface area contributed by atoms with Crippen molar-refractivity contribution in [1.82, 2.24) is 15.3 Å². The Kier molecular flexibility index (Phi) is 4.73. The zero-order valence-corrected chi connectivity index (χ0v) is 13.1. The second kappa shape index (κ2) is 6.93. The van der Waals surface area contributed by atoms with Gasteiger partial charge in [-0.25, -0.2) is 4.98 Å². The molecule has 1 saturated heterocycles. The fourth-order valence-corrected chi connectivity index (χ4v) is 2.54. The molecule has 0 saturated carbocycles. The number of hydrogen-bond acceptors (Lipinski definition) is 4. The SMILES string of the molecule is O=C(NCC1CCCO1)c1cnc(-c2ccc(Cl)cc2)[nH]c1=O. The number of carbonyl (C=O) groups is 1. The minimum Gasteiger partial charge on any atom is -0.376 e. The summed E-state index contributed by atoms with van der Waals surface area (Å²) in [7, 11) is 0. The van der Waals surface area contributed by atoms with Crippen molar-refractivity contribution in [2.75, 3.05) is 13.2 Å². The van der Waals surface area contributed by atoms with E-state index in [9.17, 15) is 9.59 Å².